The third-order valence-electron chi connectivity index (χ3n) is 6.00. The van der Waals surface area contributed by atoms with Gasteiger partial charge < -0.3 is 25.6 Å². The van der Waals surface area contributed by atoms with Gasteiger partial charge in [-0.05, 0) is 24.1 Å². The smallest absolute Gasteiger partial charge is 0.251 e. The van der Waals surface area contributed by atoms with Gasteiger partial charge in [-0.15, -0.1) is 0 Å². The predicted molar refractivity (Wildman–Crippen MR) is 127 cm³/mol. The molecule has 0 spiro atoms. The molecule has 1 saturated heterocycles. The summed E-state index contributed by atoms with van der Waals surface area (Å²) < 4.78 is 7.27. The van der Waals surface area contributed by atoms with E-state index >= 15 is 0 Å². The first-order chi connectivity index (χ1) is 17.0. The van der Waals surface area contributed by atoms with Crippen LogP contribution in [0, 0.1) is 6.92 Å². The number of anilines is 1. The number of nitrogens with one attached hydrogen (secondary N) is 2. The van der Waals surface area contributed by atoms with E-state index in [1.54, 1.807) is 12.4 Å². The molecular weight excluding hydrogens is 450 g/mol. The van der Waals surface area contributed by atoms with Crippen molar-refractivity contribution in [2.24, 2.45) is 0 Å². The molecular formula is C24H25N7O4. The maximum absolute atomic E-state index is 12.1. The third kappa shape index (κ3) is 4.20. The fourth-order valence-electron chi connectivity index (χ4n) is 4.10. The first kappa shape index (κ1) is 22.8. The maximum atomic E-state index is 12.1. The first-order valence-electron chi connectivity index (χ1n) is 11.1. The summed E-state index contributed by atoms with van der Waals surface area (Å²) in [6.07, 6.45) is -0.210. The summed E-state index contributed by atoms with van der Waals surface area (Å²) in [4.78, 5) is 30.2. The number of fused-ring (bicyclic) bond motifs is 1. The minimum Gasteiger partial charge on any atom is -0.387 e. The van der Waals surface area contributed by atoms with Crippen LogP contribution in [0.15, 0.2) is 55.1 Å². The van der Waals surface area contributed by atoms with E-state index < -0.39 is 30.4 Å². The Hall–Kier alpha value is -3.93. The fourth-order valence-corrected chi connectivity index (χ4v) is 4.10. The number of nitrogens with zero attached hydrogens (tertiary/aromatic N) is 5. The molecule has 1 aliphatic heterocycles. The summed E-state index contributed by atoms with van der Waals surface area (Å²) in [6.45, 7) is 2.42. The van der Waals surface area contributed by atoms with Gasteiger partial charge in [-0.1, -0.05) is 30.3 Å². The summed E-state index contributed by atoms with van der Waals surface area (Å²) >= 11 is 0. The number of likely N-dealkylation sites (N-methyl/N-ethyl adjacent to an activating group) is 1. The molecule has 3 aromatic heterocycles. The van der Waals surface area contributed by atoms with Gasteiger partial charge in [0.2, 0.25) is 0 Å². The number of pyridine rings is 1. The van der Waals surface area contributed by atoms with E-state index in [0.717, 1.165) is 16.7 Å². The molecule has 4 aromatic rings. The van der Waals surface area contributed by atoms with E-state index in [0.29, 0.717) is 29.4 Å². The van der Waals surface area contributed by atoms with Crippen molar-refractivity contribution in [1.82, 2.24) is 29.8 Å². The molecule has 11 nitrogen and oxygen atoms in total. The molecule has 4 heterocycles. The molecule has 0 unspecified atom stereocenters. The SMILES string of the molecule is CNC(=O)[C@H]1O[C@@H](n2cnc3c(NCc4ccccc4)nc(-c4ccncc4C)nc32)[C@H](O)[C@@H]1O. The molecule has 11 heteroatoms. The first-order valence-corrected chi connectivity index (χ1v) is 11.1. The second kappa shape index (κ2) is 9.37. The molecule has 0 aliphatic carbocycles. The summed E-state index contributed by atoms with van der Waals surface area (Å²) in [6, 6.07) is 11.7. The van der Waals surface area contributed by atoms with Gasteiger partial charge in [-0.3, -0.25) is 14.3 Å². The van der Waals surface area contributed by atoms with Crippen molar-refractivity contribution in [2.45, 2.75) is 38.0 Å². The van der Waals surface area contributed by atoms with Crippen LogP contribution in [0.1, 0.15) is 17.4 Å². The summed E-state index contributed by atoms with van der Waals surface area (Å²) in [5, 5.41) is 26.9. The Balaban J connectivity index is 1.59. The van der Waals surface area contributed by atoms with Gasteiger partial charge in [0.15, 0.2) is 35.1 Å². The van der Waals surface area contributed by atoms with Gasteiger partial charge in [0.05, 0.1) is 6.33 Å². The van der Waals surface area contributed by atoms with Gasteiger partial charge in [-0.25, -0.2) is 15.0 Å². The second-order valence-corrected chi connectivity index (χ2v) is 8.29. The number of hydrogen-bond acceptors (Lipinski definition) is 9. The van der Waals surface area contributed by atoms with Gasteiger partial charge in [0.25, 0.3) is 5.91 Å². The Bertz CT molecular complexity index is 1360. The van der Waals surface area contributed by atoms with E-state index in [2.05, 4.69) is 20.6 Å². The van der Waals surface area contributed by atoms with Crippen LogP contribution in [0.25, 0.3) is 22.6 Å². The van der Waals surface area contributed by atoms with Crippen molar-refractivity contribution >= 4 is 22.9 Å². The number of carbonyl (C=O) groups is 1. The molecule has 0 saturated carbocycles. The Morgan fingerprint density at radius 1 is 1.14 bits per heavy atom. The number of benzene rings is 1. The van der Waals surface area contributed by atoms with Crippen LogP contribution in [-0.2, 0) is 16.1 Å². The zero-order valence-corrected chi connectivity index (χ0v) is 19.2. The number of imidazole rings is 1. The van der Waals surface area contributed by atoms with Crippen LogP contribution in [0.5, 0.6) is 0 Å². The lowest BCUT2D eigenvalue weighted by molar-refractivity contribution is -0.137. The molecule has 1 amide bonds. The van der Waals surface area contributed by atoms with Crippen molar-refractivity contribution in [3.05, 3.63) is 66.2 Å². The second-order valence-electron chi connectivity index (χ2n) is 8.29. The monoisotopic (exact) mass is 475 g/mol. The third-order valence-corrected chi connectivity index (χ3v) is 6.00. The highest BCUT2D eigenvalue weighted by Gasteiger charge is 2.47. The Morgan fingerprint density at radius 3 is 2.69 bits per heavy atom. The lowest BCUT2D eigenvalue weighted by Gasteiger charge is -2.17. The van der Waals surface area contributed by atoms with Crippen LogP contribution in [0.2, 0.25) is 0 Å². The number of hydrogen-bond donors (Lipinski definition) is 4. The fraction of sp³-hybridized carbons (Fsp3) is 0.292. The van der Waals surface area contributed by atoms with Crippen molar-refractivity contribution in [3.63, 3.8) is 0 Å². The number of amides is 1. The molecule has 4 atom stereocenters. The molecule has 1 aromatic carbocycles. The highest BCUT2D eigenvalue weighted by molar-refractivity contribution is 5.85. The van der Waals surface area contributed by atoms with Crippen LogP contribution in [0.3, 0.4) is 0 Å². The number of aromatic nitrogens is 5. The molecule has 0 bridgehead atoms. The number of aliphatic hydroxyl groups excluding tert-OH is 2. The highest BCUT2D eigenvalue weighted by atomic mass is 16.6. The van der Waals surface area contributed by atoms with Crippen LogP contribution in [0.4, 0.5) is 5.82 Å². The van der Waals surface area contributed by atoms with Gasteiger partial charge in [0.1, 0.15) is 12.2 Å². The number of ether oxygens (including phenoxy) is 1. The van der Waals surface area contributed by atoms with Gasteiger partial charge in [0, 0.05) is 31.5 Å². The largest absolute Gasteiger partial charge is 0.387 e. The van der Waals surface area contributed by atoms with Gasteiger partial charge >= 0.3 is 0 Å². The van der Waals surface area contributed by atoms with E-state index in [1.807, 2.05) is 43.3 Å². The quantitative estimate of drug-likeness (QED) is 0.323. The zero-order valence-electron chi connectivity index (χ0n) is 19.2. The van der Waals surface area contributed by atoms with Crippen LogP contribution >= 0.6 is 0 Å². The van der Waals surface area contributed by atoms with E-state index in [-0.39, 0.29) is 0 Å². The molecule has 4 N–H and O–H groups in total. The van der Waals surface area contributed by atoms with Crippen molar-refractivity contribution in [3.8, 4) is 11.4 Å². The number of aliphatic hydroxyl groups is 2. The molecule has 35 heavy (non-hydrogen) atoms. The standard InChI is InChI=1S/C24H25N7O4/c1-13-10-26-9-8-15(13)20-29-21(27-11-14-6-4-3-5-7-14)16-22(30-20)31(12-28-16)24-18(33)17(32)19(35-24)23(34)25-2/h3-10,12,17-19,24,32-33H,11H2,1-2H3,(H,25,34)(H,27,29,30)/t17-,18+,19-,24+/m0/s1. The van der Waals surface area contributed by atoms with Crippen molar-refractivity contribution in [1.29, 1.82) is 0 Å². The average Bonchev–Trinajstić information content (AvgIpc) is 3.43. The Morgan fingerprint density at radius 2 is 1.94 bits per heavy atom. The number of aryl methyl sites for hydroxylation is 1. The lowest BCUT2D eigenvalue weighted by Crippen LogP contribution is -2.41. The minimum atomic E-state index is -1.41. The van der Waals surface area contributed by atoms with Gasteiger partial charge in [-0.2, -0.15) is 0 Å². The summed E-state index contributed by atoms with van der Waals surface area (Å²) in [5.74, 6) is 0.404. The van der Waals surface area contributed by atoms with E-state index in [1.165, 1.54) is 17.9 Å². The van der Waals surface area contributed by atoms with Crippen LogP contribution < -0.4 is 10.6 Å². The number of rotatable bonds is 6. The summed E-state index contributed by atoms with van der Waals surface area (Å²) in [5.41, 5.74) is 3.58. The van der Waals surface area contributed by atoms with E-state index in [4.69, 9.17) is 14.7 Å². The molecule has 1 aliphatic rings. The predicted octanol–water partition coefficient (Wildman–Crippen LogP) is 1.17. The normalized spacial score (nSPS) is 21.8. The number of carbonyl (C=O) groups excluding carboxylic acids is 1. The highest BCUT2D eigenvalue weighted by Crippen LogP contribution is 2.34. The van der Waals surface area contributed by atoms with Crippen molar-refractivity contribution < 1.29 is 19.7 Å². The Kier molecular flexibility index (Phi) is 6.12. The Labute approximate surface area is 200 Å². The molecule has 1 fully saturated rings. The van der Waals surface area contributed by atoms with Crippen LogP contribution in [-0.4, -0.2) is 66.0 Å². The zero-order chi connectivity index (χ0) is 24.5. The summed E-state index contributed by atoms with van der Waals surface area (Å²) in [7, 11) is 1.44. The van der Waals surface area contributed by atoms with Crippen molar-refractivity contribution in [2.75, 3.05) is 12.4 Å². The average molecular weight is 476 g/mol. The molecule has 5 rings (SSSR count). The molecule has 180 valence electrons. The maximum Gasteiger partial charge on any atom is 0.251 e. The molecule has 0 radical (unpaired) electrons. The lowest BCUT2D eigenvalue weighted by atomic mass is 10.1. The topological polar surface area (TPSA) is 147 Å². The minimum absolute atomic E-state index is 0.385. The van der Waals surface area contributed by atoms with E-state index in [9.17, 15) is 15.0 Å².